The fourth-order valence-corrected chi connectivity index (χ4v) is 3.12. The number of rotatable bonds is 7. The minimum absolute atomic E-state index is 0.349. The summed E-state index contributed by atoms with van der Waals surface area (Å²) >= 11 is 0. The smallest absolute Gasteiger partial charge is 0.261 e. The summed E-state index contributed by atoms with van der Waals surface area (Å²) in [6.45, 7) is 2.42. The van der Waals surface area contributed by atoms with Crippen LogP contribution in [0.25, 0.3) is 11.3 Å². The Morgan fingerprint density at radius 2 is 1.88 bits per heavy atom. The lowest BCUT2D eigenvalue weighted by Crippen LogP contribution is -2.36. The van der Waals surface area contributed by atoms with Gasteiger partial charge in [-0.25, -0.2) is 18.7 Å². The number of hydrogen-bond donors (Lipinski definition) is 0. The van der Waals surface area contributed by atoms with Crippen molar-refractivity contribution in [3.8, 4) is 11.3 Å². The van der Waals surface area contributed by atoms with E-state index >= 15 is 0 Å². The molecule has 0 amide bonds. The molecule has 0 N–H and O–H groups in total. The molecule has 0 atom stereocenters. The maximum Gasteiger partial charge on any atom is 0.261 e. The van der Waals surface area contributed by atoms with E-state index in [0.29, 0.717) is 19.1 Å². The Morgan fingerprint density at radius 3 is 2.60 bits per heavy atom. The molecular formula is C19H23F2N3O. The lowest BCUT2D eigenvalue weighted by atomic mass is 9.95. The Kier molecular flexibility index (Phi) is 6.42. The summed E-state index contributed by atoms with van der Waals surface area (Å²) in [5.74, 6) is 1.25. The van der Waals surface area contributed by atoms with Gasteiger partial charge in [0.25, 0.3) is 6.43 Å². The topological polar surface area (TPSA) is 38.2 Å². The standard InChI is InChI=1S/C19H23F2N3O/c20-18(21)14-25-13-12-24-10-7-16(8-11-24)19-22-9-6-17(23-19)15-4-2-1-3-5-15/h1-6,9,16,18H,7-8,10-14H2. The Labute approximate surface area is 146 Å². The first-order valence-electron chi connectivity index (χ1n) is 8.69. The van der Waals surface area contributed by atoms with Crippen molar-refractivity contribution in [3.05, 3.63) is 48.4 Å². The molecule has 3 rings (SSSR count). The van der Waals surface area contributed by atoms with Crippen LogP contribution in [0.4, 0.5) is 8.78 Å². The third-order valence-electron chi connectivity index (χ3n) is 4.49. The molecule has 1 fully saturated rings. The van der Waals surface area contributed by atoms with Gasteiger partial charge in [-0.15, -0.1) is 0 Å². The van der Waals surface area contributed by atoms with Gasteiger partial charge in [0.15, 0.2) is 0 Å². The van der Waals surface area contributed by atoms with Crippen LogP contribution in [0.1, 0.15) is 24.6 Å². The maximum absolute atomic E-state index is 12.0. The Hall–Kier alpha value is -1.92. The molecule has 134 valence electrons. The molecule has 0 aliphatic carbocycles. The van der Waals surface area contributed by atoms with Crippen LogP contribution < -0.4 is 0 Å². The summed E-state index contributed by atoms with van der Waals surface area (Å²) in [6.07, 6.45) is 1.40. The summed E-state index contributed by atoms with van der Waals surface area (Å²) < 4.78 is 29.0. The van der Waals surface area contributed by atoms with E-state index in [-0.39, 0.29) is 0 Å². The maximum atomic E-state index is 12.0. The summed E-state index contributed by atoms with van der Waals surface area (Å²) in [4.78, 5) is 11.5. The molecule has 1 aromatic carbocycles. The molecule has 4 nitrogen and oxygen atoms in total. The number of nitrogens with zero attached hydrogens (tertiary/aromatic N) is 3. The van der Waals surface area contributed by atoms with Crippen molar-refractivity contribution in [3.63, 3.8) is 0 Å². The van der Waals surface area contributed by atoms with Gasteiger partial charge in [0, 0.05) is 24.2 Å². The van der Waals surface area contributed by atoms with Gasteiger partial charge in [0.05, 0.1) is 12.3 Å². The van der Waals surface area contributed by atoms with Crippen LogP contribution in [0.2, 0.25) is 0 Å². The van der Waals surface area contributed by atoms with Gasteiger partial charge < -0.3 is 9.64 Å². The van der Waals surface area contributed by atoms with Gasteiger partial charge in [-0.05, 0) is 32.0 Å². The molecule has 1 saturated heterocycles. The van der Waals surface area contributed by atoms with Crippen molar-refractivity contribution in [2.75, 3.05) is 32.8 Å². The zero-order valence-electron chi connectivity index (χ0n) is 14.2. The van der Waals surface area contributed by atoms with Gasteiger partial charge in [0.1, 0.15) is 12.4 Å². The number of likely N-dealkylation sites (tertiary alicyclic amines) is 1. The fourth-order valence-electron chi connectivity index (χ4n) is 3.12. The summed E-state index contributed by atoms with van der Waals surface area (Å²) in [6, 6.07) is 12.0. The molecule has 2 aromatic rings. The number of halogens is 2. The SMILES string of the molecule is FC(F)COCCN1CCC(c2nccc(-c3ccccc3)n2)CC1. The number of piperidine rings is 1. The lowest BCUT2D eigenvalue weighted by molar-refractivity contribution is 0.00783. The molecule has 0 saturated carbocycles. The fraction of sp³-hybridized carbons (Fsp3) is 0.474. The van der Waals surface area contributed by atoms with Crippen molar-refractivity contribution in [2.45, 2.75) is 25.2 Å². The third-order valence-corrected chi connectivity index (χ3v) is 4.49. The lowest BCUT2D eigenvalue weighted by Gasteiger charge is -2.31. The predicted octanol–water partition coefficient (Wildman–Crippen LogP) is 3.60. The first kappa shape index (κ1) is 17.9. The third kappa shape index (κ3) is 5.28. The Balaban J connectivity index is 1.51. The molecule has 1 aliphatic heterocycles. The van der Waals surface area contributed by atoms with E-state index in [1.165, 1.54) is 0 Å². The van der Waals surface area contributed by atoms with Crippen LogP contribution in [-0.2, 0) is 4.74 Å². The summed E-state index contributed by atoms with van der Waals surface area (Å²) in [5.41, 5.74) is 2.05. The van der Waals surface area contributed by atoms with Crippen molar-refractivity contribution in [1.29, 1.82) is 0 Å². The second-order valence-corrected chi connectivity index (χ2v) is 6.25. The molecule has 1 aromatic heterocycles. The highest BCUT2D eigenvalue weighted by molar-refractivity contribution is 5.58. The van der Waals surface area contributed by atoms with E-state index in [4.69, 9.17) is 9.72 Å². The van der Waals surface area contributed by atoms with Crippen LogP contribution >= 0.6 is 0 Å². The Morgan fingerprint density at radius 1 is 1.12 bits per heavy atom. The first-order chi connectivity index (χ1) is 12.2. The van der Waals surface area contributed by atoms with Crippen molar-refractivity contribution in [1.82, 2.24) is 14.9 Å². The molecule has 6 heteroatoms. The monoisotopic (exact) mass is 347 g/mol. The molecule has 0 bridgehead atoms. The molecular weight excluding hydrogens is 324 g/mol. The number of alkyl halides is 2. The van der Waals surface area contributed by atoms with Crippen LogP contribution in [-0.4, -0.2) is 54.1 Å². The zero-order chi connectivity index (χ0) is 17.5. The van der Waals surface area contributed by atoms with Gasteiger partial charge in [-0.1, -0.05) is 30.3 Å². The number of aromatic nitrogens is 2. The normalized spacial score (nSPS) is 16.4. The highest BCUT2D eigenvalue weighted by atomic mass is 19.3. The van der Waals surface area contributed by atoms with E-state index in [2.05, 4.69) is 9.88 Å². The van der Waals surface area contributed by atoms with E-state index < -0.39 is 13.0 Å². The Bertz CT molecular complexity index is 646. The van der Waals surface area contributed by atoms with Gasteiger partial charge in [-0.2, -0.15) is 0 Å². The van der Waals surface area contributed by atoms with Crippen LogP contribution in [0.5, 0.6) is 0 Å². The second kappa shape index (κ2) is 8.97. The van der Waals surface area contributed by atoms with E-state index in [1.54, 1.807) is 0 Å². The van der Waals surface area contributed by atoms with Crippen LogP contribution in [0.15, 0.2) is 42.6 Å². The van der Waals surface area contributed by atoms with Crippen LogP contribution in [0.3, 0.4) is 0 Å². The molecule has 0 spiro atoms. The van der Waals surface area contributed by atoms with Crippen LogP contribution in [0, 0.1) is 0 Å². The quantitative estimate of drug-likeness (QED) is 0.717. The first-order valence-corrected chi connectivity index (χ1v) is 8.69. The highest BCUT2D eigenvalue weighted by Gasteiger charge is 2.22. The largest absolute Gasteiger partial charge is 0.374 e. The molecule has 25 heavy (non-hydrogen) atoms. The van der Waals surface area contributed by atoms with Gasteiger partial charge in [-0.3, -0.25) is 0 Å². The summed E-state index contributed by atoms with van der Waals surface area (Å²) in [5, 5.41) is 0. The van der Waals surface area contributed by atoms with Crippen molar-refractivity contribution >= 4 is 0 Å². The summed E-state index contributed by atoms with van der Waals surface area (Å²) in [7, 11) is 0. The molecule has 0 unspecified atom stereocenters. The number of ether oxygens (including phenoxy) is 1. The highest BCUT2D eigenvalue weighted by Crippen LogP contribution is 2.27. The van der Waals surface area contributed by atoms with Gasteiger partial charge >= 0.3 is 0 Å². The second-order valence-electron chi connectivity index (χ2n) is 6.25. The molecule has 1 aliphatic rings. The van der Waals surface area contributed by atoms with E-state index in [0.717, 1.165) is 43.0 Å². The van der Waals surface area contributed by atoms with E-state index in [1.807, 2.05) is 42.6 Å². The average Bonchev–Trinajstić information content (AvgIpc) is 2.66. The predicted molar refractivity (Wildman–Crippen MR) is 92.7 cm³/mol. The van der Waals surface area contributed by atoms with E-state index in [9.17, 15) is 8.78 Å². The average molecular weight is 347 g/mol. The number of benzene rings is 1. The molecule has 2 heterocycles. The van der Waals surface area contributed by atoms with Gasteiger partial charge in [0.2, 0.25) is 0 Å². The minimum Gasteiger partial charge on any atom is -0.374 e. The number of hydrogen-bond acceptors (Lipinski definition) is 4. The zero-order valence-corrected chi connectivity index (χ0v) is 14.2. The van der Waals surface area contributed by atoms with Crippen molar-refractivity contribution < 1.29 is 13.5 Å². The minimum atomic E-state index is -2.39. The molecule has 0 radical (unpaired) electrons. The van der Waals surface area contributed by atoms with Crippen molar-refractivity contribution in [2.24, 2.45) is 0 Å².